The van der Waals surface area contributed by atoms with Gasteiger partial charge in [-0.3, -0.25) is 4.79 Å². The SMILES string of the molecule is CC(C)(C)OC(=O)CCn1cc(Br)c2ccccc21. The van der Waals surface area contributed by atoms with Gasteiger partial charge < -0.3 is 9.30 Å². The van der Waals surface area contributed by atoms with Crippen molar-refractivity contribution < 1.29 is 9.53 Å². The first-order chi connectivity index (χ1) is 8.87. The van der Waals surface area contributed by atoms with Crippen LogP contribution in [0.5, 0.6) is 0 Å². The molecule has 3 nitrogen and oxygen atoms in total. The second-order valence-corrected chi connectivity index (χ2v) is 6.38. The Labute approximate surface area is 121 Å². The third-order valence-electron chi connectivity index (χ3n) is 2.72. The number of para-hydroxylation sites is 1. The molecule has 2 rings (SSSR count). The van der Waals surface area contributed by atoms with Crippen molar-refractivity contribution in [3.8, 4) is 0 Å². The fourth-order valence-electron chi connectivity index (χ4n) is 1.99. The number of esters is 1. The molecule has 102 valence electrons. The van der Waals surface area contributed by atoms with E-state index >= 15 is 0 Å². The zero-order valence-electron chi connectivity index (χ0n) is 11.4. The number of halogens is 1. The number of fused-ring (bicyclic) bond motifs is 1. The molecule has 0 spiro atoms. The van der Waals surface area contributed by atoms with Crippen LogP contribution in [0, 0.1) is 0 Å². The Morgan fingerprint density at radius 2 is 2.00 bits per heavy atom. The molecule has 1 aromatic heterocycles. The smallest absolute Gasteiger partial charge is 0.308 e. The summed E-state index contributed by atoms with van der Waals surface area (Å²) in [6.07, 6.45) is 2.39. The van der Waals surface area contributed by atoms with Crippen molar-refractivity contribution in [3.63, 3.8) is 0 Å². The lowest BCUT2D eigenvalue weighted by Gasteiger charge is -2.19. The van der Waals surface area contributed by atoms with Crippen molar-refractivity contribution in [1.29, 1.82) is 0 Å². The second-order valence-electron chi connectivity index (χ2n) is 5.52. The van der Waals surface area contributed by atoms with Crippen molar-refractivity contribution in [3.05, 3.63) is 34.9 Å². The molecule has 0 N–H and O–H groups in total. The molecule has 0 saturated carbocycles. The highest BCUT2D eigenvalue weighted by atomic mass is 79.9. The van der Waals surface area contributed by atoms with Gasteiger partial charge in [-0.1, -0.05) is 18.2 Å². The van der Waals surface area contributed by atoms with E-state index in [9.17, 15) is 4.79 Å². The fraction of sp³-hybridized carbons (Fsp3) is 0.400. The molecule has 1 aromatic carbocycles. The Balaban J connectivity index is 2.08. The number of carbonyl (C=O) groups is 1. The van der Waals surface area contributed by atoms with Gasteiger partial charge in [0.25, 0.3) is 0 Å². The highest BCUT2D eigenvalue weighted by Gasteiger charge is 2.16. The summed E-state index contributed by atoms with van der Waals surface area (Å²) < 4.78 is 8.44. The molecular weight excluding hydrogens is 306 g/mol. The van der Waals surface area contributed by atoms with E-state index in [1.165, 1.54) is 0 Å². The average Bonchev–Trinajstić information content (AvgIpc) is 2.62. The van der Waals surface area contributed by atoms with Gasteiger partial charge in [0.1, 0.15) is 5.60 Å². The first kappa shape index (κ1) is 14.1. The summed E-state index contributed by atoms with van der Waals surface area (Å²) in [6.45, 7) is 6.27. The zero-order chi connectivity index (χ0) is 14.0. The van der Waals surface area contributed by atoms with Gasteiger partial charge in [0.15, 0.2) is 0 Å². The van der Waals surface area contributed by atoms with Gasteiger partial charge in [-0.15, -0.1) is 0 Å². The summed E-state index contributed by atoms with van der Waals surface area (Å²) >= 11 is 3.54. The van der Waals surface area contributed by atoms with E-state index in [2.05, 4.69) is 32.6 Å². The first-order valence-electron chi connectivity index (χ1n) is 6.32. The Bertz CT molecular complexity index is 596. The monoisotopic (exact) mass is 323 g/mol. The highest BCUT2D eigenvalue weighted by molar-refractivity contribution is 9.10. The van der Waals surface area contributed by atoms with Crippen molar-refractivity contribution in [1.82, 2.24) is 4.57 Å². The number of hydrogen-bond donors (Lipinski definition) is 0. The summed E-state index contributed by atoms with van der Waals surface area (Å²) in [6, 6.07) is 8.11. The highest BCUT2D eigenvalue weighted by Crippen LogP contribution is 2.26. The second kappa shape index (κ2) is 5.37. The molecule has 1 heterocycles. The number of benzene rings is 1. The lowest BCUT2D eigenvalue weighted by molar-refractivity contribution is -0.155. The van der Waals surface area contributed by atoms with Crippen LogP contribution in [0.4, 0.5) is 0 Å². The number of rotatable bonds is 3. The van der Waals surface area contributed by atoms with Crippen molar-refractivity contribution in [2.45, 2.75) is 39.3 Å². The topological polar surface area (TPSA) is 31.2 Å². The molecule has 0 aliphatic rings. The molecule has 0 atom stereocenters. The van der Waals surface area contributed by atoms with E-state index in [1.807, 2.05) is 39.1 Å². The molecule has 0 saturated heterocycles. The van der Waals surface area contributed by atoms with Gasteiger partial charge in [-0.05, 0) is 42.8 Å². The predicted molar refractivity (Wildman–Crippen MR) is 80.1 cm³/mol. The molecule has 0 bridgehead atoms. The lowest BCUT2D eigenvalue weighted by Crippen LogP contribution is -2.24. The van der Waals surface area contributed by atoms with Crippen LogP contribution in [0.1, 0.15) is 27.2 Å². The van der Waals surface area contributed by atoms with Gasteiger partial charge in [0.05, 0.1) is 6.42 Å². The standard InChI is InChI=1S/C15H18BrNO2/c1-15(2,3)19-14(18)8-9-17-10-12(16)11-6-4-5-7-13(11)17/h4-7,10H,8-9H2,1-3H3. The van der Waals surface area contributed by atoms with E-state index < -0.39 is 5.60 Å². The summed E-state index contributed by atoms with van der Waals surface area (Å²) in [5.74, 6) is -0.165. The summed E-state index contributed by atoms with van der Waals surface area (Å²) in [7, 11) is 0. The predicted octanol–water partition coefficient (Wildman–Crippen LogP) is 4.14. The van der Waals surface area contributed by atoms with E-state index in [-0.39, 0.29) is 5.97 Å². The number of nitrogens with zero attached hydrogens (tertiary/aromatic N) is 1. The van der Waals surface area contributed by atoms with Crippen molar-refractivity contribution in [2.75, 3.05) is 0 Å². The van der Waals surface area contributed by atoms with Crippen LogP contribution in [0.3, 0.4) is 0 Å². The minimum Gasteiger partial charge on any atom is -0.460 e. The van der Waals surface area contributed by atoms with Crippen LogP contribution >= 0.6 is 15.9 Å². The Morgan fingerprint density at radius 1 is 1.32 bits per heavy atom. The Morgan fingerprint density at radius 3 is 2.68 bits per heavy atom. The molecule has 0 fully saturated rings. The maximum absolute atomic E-state index is 11.7. The molecule has 2 aromatic rings. The van der Waals surface area contributed by atoms with Gasteiger partial charge in [0, 0.05) is 28.1 Å². The van der Waals surface area contributed by atoms with Crippen molar-refractivity contribution >= 4 is 32.8 Å². The van der Waals surface area contributed by atoms with Crippen molar-refractivity contribution in [2.24, 2.45) is 0 Å². The third kappa shape index (κ3) is 3.60. The minimum absolute atomic E-state index is 0.165. The number of ether oxygens (including phenoxy) is 1. The van der Waals surface area contributed by atoms with Crippen LogP contribution in [-0.2, 0) is 16.1 Å². The molecule has 4 heteroatoms. The molecular formula is C15H18BrNO2. The van der Waals surface area contributed by atoms with Gasteiger partial charge in [0.2, 0.25) is 0 Å². The van der Waals surface area contributed by atoms with Crippen LogP contribution in [0.25, 0.3) is 10.9 Å². The number of aryl methyl sites for hydroxylation is 1. The normalized spacial score (nSPS) is 11.8. The molecule has 0 radical (unpaired) electrons. The fourth-order valence-corrected chi connectivity index (χ4v) is 2.57. The largest absolute Gasteiger partial charge is 0.460 e. The van der Waals surface area contributed by atoms with Crippen LogP contribution < -0.4 is 0 Å². The number of hydrogen-bond acceptors (Lipinski definition) is 2. The van der Waals surface area contributed by atoms with Crippen LogP contribution in [-0.4, -0.2) is 16.1 Å². The molecule has 0 unspecified atom stereocenters. The van der Waals surface area contributed by atoms with Gasteiger partial charge in [-0.2, -0.15) is 0 Å². The molecule has 0 aliphatic carbocycles. The van der Waals surface area contributed by atoms with Gasteiger partial charge in [-0.25, -0.2) is 0 Å². The number of aromatic nitrogens is 1. The summed E-state index contributed by atoms with van der Waals surface area (Å²) in [5, 5.41) is 1.16. The van der Waals surface area contributed by atoms with E-state index in [0.717, 1.165) is 15.4 Å². The van der Waals surface area contributed by atoms with E-state index in [1.54, 1.807) is 0 Å². The van der Waals surface area contributed by atoms with E-state index in [4.69, 9.17) is 4.74 Å². The maximum Gasteiger partial charge on any atom is 0.308 e. The summed E-state index contributed by atoms with van der Waals surface area (Å²) in [5.41, 5.74) is 0.703. The summed E-state index contributed by atoms with van der Waals surface area (Å²) in [4.78, 5) is 11.7. The molecule has 19 heavy (non-hydrogen) atoms. The first-order valence-corrected chi connectivity index (χ1v) is 7.11. The van der Waals surface area contributed by atoms with Crippen LogP contribution in [0.2, 0.25) is 0 Å². The Kier molecular flexibility index (Phi) is 3.99. The quantitative estimate of drug-likeness (QED) is 0.795. The lowest BCUT2D eigenvalue weighted by atomic mass is 10.2. The van der Waals surface area contributed by atoms with E-state index in [0.29, 0.717) is 13.0 Å². The molecule has 0 amide bonds. The Hall–Kier alpha value is -1.29. The average molecular weight is 324 g/mol. The zero-order valence-corrected chi connectivity index (χ0v) is 13.0. The third-order valence-corrected chi connectivity index (χ3v) is 3.35. The maximum atomic E-state index is 11.7. The molecule has 0 aliphatic heterocycles. The number of carbonyl (C=O) groups excluding carboxylic acids is 1. The minimum atomic E-state index is -0.420. The van der Waals surface area contributed by atoms with Gasteiger partial charge >= 0.3 is 5.97 Å². The van der Waals surface area contributed by atoms with Crippen LogP contribution in [0.15, 0.2) is 34.9 Å².